The molecule has 0 saturated heterocycles. The molecule has 3 aromatic carbocycles. The summed E-state index contributed by atoms with van der Waals surface area (Å²) in [7, 11) is -4.03. The second kappa shape index (κ2) is 10.8. The van der Waals surface area contributed by atoms with Crippen molar-refractivity contribution in [1.82, 2.24) is 14.5 Å². The number of nitrogens with zero attached hydrogens (tertiary/aromatic N) is 3. The maximum absolute atomic E-state index is 13.7. The molecule has 0 aliphatic carbocycles. The third-order valence-corrected chi connectivity index (χ3v) is 8.27. The number of aromatic nitrogens is 3. The molecule has 194 valence electrons. The van der Waals surface area contributed by atoms with Crippen LogP contribution in [-0.4, -0.2) is 35.5 Å². The van der Waals surface area contributed by atoms with Gasteiger partial charge in [-0.1, -0.05) is 54.1 Å². The molecule has 38 heavy (non-hydrogen) atoms. The van der Waals surface area contributed by atoms with Gasteiger partial charge in [-0.05, 0) is 54.8 Å². The first-order valence-electron chi connectivity index (χ1n) is 12.1. The summed E-state index contributed by atoms with van der Waals surface area (Å²) < 4.78 is 34.4. The second-order valence-corrected chi connectivity index (χ2v) is 11.1. The van der Waals surface area contributed by atoms with Crippen molar-refractivity contribution in [2.45, 2.75) is 35.6 Å². The van der Waals surface area contributed by atoms with E-state index in [9.17, 15) is 13.2 Å². The van der Waals surface area contributed by atoms with Gasteiger partial charge in [-0.2, -0.15) is 0 Å². The van der Waals surface area contributed by atoms with Crippen molar-refractivity contribution >= 4 is 55.4 Å². The van der Waals surface area contributed by atoms with Gasteiger partial charge in [0.05, 0.1) is 22.5 Å². The number of para-hydroxylation sites is 2. The van der Waals surface area contributed by atoms with E-state index in [4.69, 9.17) is 22.1 Å². The fourth-order valence-corrected chi connectivity index (χ4v) is 5.92. The predicted molar refractivity (Wildman–Crippen MR) is 147 cm³/mol. The minimum atomic E-state index is -4.03. The number of halogens is 1. The molecule has 0 fully saturated rings. The molecule has 0 bridgehead atoms. The number of benzene rings is 3. The lowest BCUT2D eigenvalue weighted by atomic mass is 10.1. The summed E-state index contributed by atoms with van der Waals surface area (Å²) in [5.74, 6) is -0.267. The van der Waals surface area contributed by atoms with Gasteiger partial charge in [0, 0.05) is 18.0 Å². The van der Waals surface area contributed by atoms with Crippen molar-refractivity contribution in [3.8, 4) is 0 Å². The molecule has 10 heteroatoms. The van der Waals surface area contributed by atoms with Gasteiger partial charge in [0.15, 0.2) is 5.65 Å². The molecule has 8 nitrogen and oxygen atoms in total. The van der Waals surface area contributed by atoms with E-state index < -0.39 is 9.84 Å². The topological polar surface area (TPSA) is 117 Å². The highest BCUT2D eigenvalue weighted by atomic mass is 35.5. The Kier molecular flexibility index (Phi) is 7.31. The molecule has 0 aliphatic rings. The van der Waals surface area contributed by atoms with Crippen molar-refractivity contribution in [2.24, 2.45) is 0 Å². The summed E-state index contributed by atoms with van der Waals surface area (Å²) in [6.07, 6.45) is 1.29. The summed E-state index contributed by atoms with van der Waals surface area (Å²) in [5.41, 5.74) is 9.23. The average molecular weight is 549 g/mol. The number of rotatable bonds is 9. The molecule has 0 saturated carbocycles. The Morgan fingerprint density at radius 3 is 2.29 bits per heavy atom. The third kappa shape index (κ3) is 5.20. The number of sulfone groups is 1. The van der Waals surface area contributed by atoms with E-state index in [2.05, 4.69) is 9.97 Å². The largest absolute Gasteiger partial charge is 0.466 e. The van der Waals surface area contributed by atoms with Gasteiger partial charge in [0.1, 0.15) is 16.2 Å². The van der Waals surface area contributed by atoms with Crippen molar-refractivity contribution in [3.63, 3.8) is 0 Å². The second-order valence-electron chi connectivity index (χ2n) is 8.77. The summed E-state index contributed by atoms with van der Waals surface area (Å²) >= 11 is 5.97. The highest BCUT2D eigenvalue weighted by Gasteiger charge is 2.30. The first-order valence-corrected chi connectivity index (χ1v) is 14.0. The molecule has 5 rings (SSSR count). The van der Waals surface area contributed by atoms with Crippen LogP contribution in [0, 0.1) is 0 Å². The fraction of sp³-hybridized carbons (Fsp3) is 0.179. The predicted octanol–water partition coefficient (Wildman–Crippen LogP) is 5.22. The van der Waals surface area contributed by atoms with E-state index in [1.165, 1.54) is 24.3 Å². The minimum absolute atomic E-state index is 0.0284. The van der Waals surface area contributed by atoms with Crippen LogP contribution in [-0.2, 0) is 32.3 Å². The summed E-state index contributed by atoms with van der Waals surface area (Å²) in [6, 6.07) is 22.8. The molecule has 0 spiro atoms. The SMILES string of the molecule is Nc1c(S(=O)(=O)c2ccc(Cl)cc2)c2nc3ccccc3nc2n1CCCOC(=O)CCc1ccccc1. The van der Waals surface area contributed by atoms with E-state index >= 15 is 0 Å². The monoisotopic (exact) mass is 548 g/mol. The molecule has 0 radical (unpaired) electrons. The number of aryl methyl sites for hydroxylation is 2. The number of nitrogen functional groups attached to an aromatic ring is 1. The maximum Gasteiger partial charge on any atom is 0.306 e. The van der Waals surface area contributed by atoms with Gasteiger partial charge in [-0.15, -0.1) is 0 Å². The number of anilines is 1. The van der Waals surface area contributed by atoms with Crippen molar-refractivity contribution in [3.05, 3.63) is 89.4 Å². The Hall–Kier alpha value is -3.95. The average Bonchev–Trinajstić information content (AvgIpc) is 3.20. The molecule has 0 unspecified atom stereocenters. The summed E-state index contributed by atoms with van der Waals surface area (Å²) in [5, 5.41) is 0.420. The third-order valence-electron chi connectivity index (χ3n) is 6.19. The first-order chi connectivity index (χ1) is 18.3. The normalized spacial score (nSPS) is 11.7. The number of hydrogen-bond acceptors (Lipinski definition) is 7. The number of carbonyl (C=O) groups excluding carboxylic acids is 1. The van der Waals surface area contributed by atoms with Crippen LogP contribution < -0.4 is 5.73 Å². The number of esters is 1. The molecular weight excluding hydrogens is 524 g/mol. The van der Waals surface area contributed by atoms with Crippen LogP contribution in [0.1, 0.15) is 18.4 Å². The lowest BCUT2D eigenvalue weighted by Crippen LogP contribution is -2.11. The zero-order valence-corrected chi connectivity index (χ0v) is 22.0. The highest BCUT2D eigenvalue weighted by molar-refractivity contribution is 7.92. The van der Waals surface area contributed by atoms with E-state index in [0.29, 0.717) is 34.5 Å². The van der Waals surface area contributed by atoms with Gasteiger partial charge in [-0.25, -0.2) is 18.4 Å². The van der Waals surface area contributed by atoms with Crippen molar-refractivity contribution in [2.75, 3.05) is 12.3 Å². The number of hydrogen-bond donors (Lipinski definition) is 1. The van der Waals surface area contributed by atoms with Crippen molar-refractivity contribution < 1.29 is 17.9 Å². The van der Waals surface area contributed by atoms with Gasteiger partial charge in [0.2, 0.25) is 9.84 Å². The van der Waals surface area contributed by atoms with Crippen LogP contribution in [0.15, 0.2) is 88.7 Å². The number of nitrogens with two attached hydrogens (primary N) is 1. The molecule has 0 atom stereocenters. The quantitative estimate of drug-likeness (QED) is 0.198. The molecule has 0 aliphatic heterocycles. The van der Waals surface area contributed by atoms with Crippen LogP contribution in [0.5, 0.6) is 0 Å². The van der Waals surface area contributed by atoms with E-state index in [0.717, 1.165) is 5.56 Å². The molecular formula is C28H25ClN4O4S. The Bertz CT molecular complexity index is 1720. The maximum atomic E-state index is 13.7. The van der Waals surface area contributed by atoms with Gasteiger partial charge in [-0.3, -0.25) is 4.79 Å². The van der Waals surface area contributed by atoms with Crippen LogP contribution in [0.4, 0.5) is 5.82 Å². The van der Waals surface area contributed by atoms with Crippen molar-refractivity contribution in [1.29, 1.82) is 0 Å². The summed E-state index contributed by atoms with van der Waals surface area (Å²) in [4.78, 5) is 21.5. The van der Waals surface area contributed by atoms with Gasteiger partial charge >= 0.3 is 5.97 Å². The van der Waals surface area contributed by atoms with E-state index in [1.54, 1.807) is 16.7 Å². The molecule has 0 amide bonds. The van der Waals surface area contributed by atoms with E-state index in [-0.39, 0.29) is 46.7 Å². The lowest BCUT2D eigenvalue weighted by Gasteiger charge is -2.09. The number of carbonyl (C=O) groups is 1. The Morgan fingerprint density at radius 2 is 1.58 bits per heavy atom. The zero-order chi connectivity index (χ0) is 26.7. The Labute approximate surface area is 225 Å². The molecule has 5 aromatic rings. The van der Waals surface area contributed by atoms with Crippen LogP contribution in [0.2, 0.25) is 5.02 Å². The molecule has 2 N–H and O–H groups in total. The van der Waals surface area contributed by atoms with Gasteiger partial charge < -0.3 is 15.0 Å². The molecule has 2 aromatic heterocycles. The van der Waals surface area contributed by atoms with Crippen LogP contribution in [0.3, 0.4) is 0 Å². The lowest BCUT2D eigenvalue weighted by molar-refractivity contribution is -0.143. The van der Waals surface area contributed by atoms with Crippen LogP contribution >= 0.6 is 11.6 Å². The number of fused-ring (bicyclic) bond motifs is 2. The highest BCUT2D eigenvalue weighted by Crippen LogP contribution is 2.35. The molecule has 2 heterocycles. The smallest absolute Gasteiger partial charge is 0.306 e. The van der Waals surface area contributed by atoms with Crippen LogP contribution in [0.25, 0.3) is 22.2 Å². The minimum Gasteiger partial charge on any atom is -0.466 e. The Balaban J connectivity index is 1.41. The summed E-state index contributed by atoms with van der Waals surface area (Å²) in [6.45, 7) is 0.449. The standard InChI is InChI=1S/C28H25ClN4O4S/c29-20-12-14-21(15-13-20)38(35,36)26-25-28(32-23-10-5-4-9-22(23)31-25)33(27(26)30)17-6-18-37-24(34)16-11-19-7-2-1-3-8-19/h1-5,7-10,12-15H,6,11,16-18,30H2. The first kappa shape index (κ1) is 25.7. The fourth-order valence-electron chi connectivity index (χ4n) is 4.28. The Morgan fingerprint density at radius 1 is 0.921 bits per heavy atom. The van der Waals surface area contributed by atoms with E-state index in [1.807, 2.05) is 42.5 Å². The zero-order valence-electron chi connectivity index (χ0n) is 20.4. The van der Waals surface area contributed by atoms with Gasteiger partial charge in [0.25, 0.3) is 0 Å². The number of ether oxygens (including phenoxy) is 1.